The van der Waals surface area contributed by atoms with Gasteiger partial charge < -0.3 is 5.32 Å². The first-order valence-electron chi connectivity index (χ1n) is 8.82. The summed E-state index contributed by atoms with van der Waals surface area (Å²) >= 11 is 1.22. The molecular formula is C20H20N6O2S. The van der Waals surface area contributed by atoms with Crippen LogP contribution in [0.4, 0.5) is 4.79 Å². The fourth-order valence-corrected chi connectivity index (χ4v) is 3.68. The van der Waals surface area contributed by atoms with Gasteiger partial charge in [-0.15, -0.1) is 16.8 Å². The second-order valence-electron chi connectivity index (χ2n) is 5.92. The van der Waals surface area contributed by atoms with E-state index in [9.17, 15) is 9.59 Å². The van der Waals surface area contributed by atoms with Crippen molar-refractivity contribution in [1.82, 2.24) is 30.4 Å². The molecule has 29 heavy (non-hydrogen) atoms. The van der Waals surface area contributed by atoms with E-state index in [-0.39, 0.29) is 0 Å². The van der Waals surface area contributed by atoms with Crippen LogP contribution >= 0.6 is 11.8 Å². The van der Waals surface area contributed by atoms with Crippen molar-refractivity contribution in [3.8, 4) is 11.4 Å². The minimum absolute atomic E-state index is 0.445. The lowest BCUT2D eigenvalue weighted by Crippen LogP contribution is -2.39. The van der Waals surface area contributed by atoms with E-state index in [1.54, 1.807) is 18.5 Å². The molecule has 0 spiro atoms. The maximum atomic E-state index is 12.8. The zero-order valence-electron chi connectivity index (χ0n) is 15.8. The van der Waals surface area contributed by atoms with E-state index in [0.29, 0.717) is 17.5 Å². The Hall–Kier alpha value is -3.46. The normalized spacial score (nSPS) is 11.5. The number of pyridine rings is 1. The highest BCUT2D eigenvalue weighted by Crippen LogP contribution is 2.36. The van der Waals surface area contributed by atoms with Crippen molar-refractivity contribution in [3.63, 3.8) is 0 Å². The zero-order chi connectivity index (χ0) is 20.6. The quantitative estimate of drug-likeness (QED) is 0.460. The largest absolute Gasteiger partial charge is 0.341 e. The highest BCUT2D eigenvalue weighted by Gasteiger charge is 2.26. The SMILES string of the molecule is C=CCn1c(S[C@H](C(=O)NC(=O)NC)c2ccccc2)nnc1-c1ccncc1. The van der Waals surface area contributed by atoms with Gasteiger partial charge in [-0.3, -0.25) is 19.7 Å². The van der Waals surface area contributed by atoms with E-state index in [4.69, 9.17) is 0 Å². The van der Waals surface area contributed by atoms with Gasteiger partial charge in [0.15, 0.2) is 11.0 Å². The number of hydrogen-bond donors (Lipinski definition) is 2. The van der Waals surface area contributed by atoms with Crippen LogP contribution in [0.5, 0.6) is 0 Å². The van der Waals surface area contributed by atoms with E-state index in [1.165, 1.54) is 18.8 Å². The van der Waals surface area contributed by atoms with Crippen LogP contribution < -0.4 is 10.6 Å². The van der Waals surface area contributed by atoms with Crippen molar-refractivity contribution >= 4 is 23.7 Å². The number of benzene rings is 1. The molecular weight excluding hydrogens is 388 g/mol. The molecule has 0 aliphatic carbocycles. The highest BCUT2D eigenvalue weighted by atomic mass is 32.2. The Balaban J connectivity index is 1.97. The van der Waals surface area contributed by atoms with Crippen LogP contribution in [0.2, 0.25) is 0 Å². The first kappa shape index (κ1) is 20.3. The molecule has 0 saturated carbocycles. The van der Waals surface area contributed by atoms with Gasteiger partial charge in [0.25, 0.3) is 0 Å². The number of amides is 3. The van der Waals surface area contributed by atoms with E-state index in [0.717, 1.165) is 11.1 Å². The summed E-state index contributed by atoms with van der Waals surface area (Å²) in [7, 11) is 1.45. The first-order chi connectivity index (χ1) is 14.1. The molecule has 1 atom stereocenters. The molecule has 0 saturated heterocycles. The number of carbonyl (C=O) groups excluding carboxylic acids is 2. The van der Waals surface area contributed by atoms with Gasteiger partial charge in [0.05, 0.1) is 0 Å². The van der Waals surface area contributed by atoms with Crippen molar-refractivity contribution in [2.45, 2.75) is 17.0 Å². The van der Waals surface area contributed by atoms with Crippen LogP contribution in [0.3, 0.4) is 0 Å². The molecule has 0 aliphatic heterocycles. The van der Waals surface area contributed by atoms with Crippen LogP contribution in [0.25, 0.3) is 11.4 Å². The summed E-state index contributed by atoms with van der Waals surface area (Å²) in [6, 6.07) is 12.3. The van der Waals surface area contributed by atoms with Gasteiger partial charge in [-0.2, -0.15) is 0 Å². The van der Waals surface area contributed by atoms with Crippen molar-refractivity contribution in [2.24, 2.45) is 0 Å². The predicted molar refractivity (Wildman–Crippen MR) is 111 cm³/mol. The van der Waals surface area contributed by atoms with E-state index < -0.39 is 17.2 Å². The van der Waals surface area contributed by atoms with E-state index in [2.05, 4.69) is 32.4 Å². The molecule has 9 heteroatoms. The van der Waals surface area contributed by atoms with Crippen LogP contribution in [0.1, 0.15) is 10.8 Å². The third-order valence-corrected chi connectivity index (χ3v) is 5.23. The lowest BCUT2D eigenvalue weighted by atomic mass is 10.1. The molecule has 3 aromatic rings. The van der Waals surface area contributed by atoms with Crippen LogP contribution in [-0.2, 0) is 11.3 Å². The highest BCUT2D eigenvalue weighted by molar-refractivity contribution is 8.00. The molecule has 2 N–H and O–H groups in total. The summed E-state index contributed by atoms with van der Waals surface area (Å²) in [6.07, 6.45) is 5.09. The van der Waals surface area contributed by atoms with Gasteiger partial charge in [-0.25, -0.2) is 4.79 Å². The topological polar surface area (TPSA) is 102 Å². The molecule has 2 heterocycles. The van der Waals surface area contributed by atoms with Crippen LogP contribution in [0.15, 0.2) is 72.7 Å². The minimum Gasteiger partial charge on any atom is -0.341 e. The number of urea groups is 1. The minimum atomic E-state index is -0.688. The van der Waals surface area contributed by atoms with Gasteiger partial charge in [-0.1, -0.05) is 48.2 Å². The molecule has 0 fully saturated rings. The fraction of sp³-hybridized carbons (Fsp3) is 0.150. The number of nitrogens with zero attached hydrogens (tertiary/aromatic N) is 4. The number of rotatable bonds is 7. The number of carbonyl (C=O) groups is 2. The average molecular weight is 408 g/mol. The lowest BCUT2D eigenvalue weighted by molar-refractivity contribution is -0.119. The molecule has 1 aromatic carbocycles. The van der Waals surface area contributed by atoms with Gasteiger partial charge in [0.2, 0.25) is 5.91 Å². The number of nitrogens with one attached hydrogen (secondary N) is 2. The van der Waals surface area contributed by atoms with Crippen molar-refractivity contribution in [3.05, 3.63) is 73.1 Å². The summed E-state index contributed by atoms with van der Waals surface area (Å²) in [5.74, 6) is 0.201. The van der Waals surface area contributed by atoms with Gasteiger partial charge in [-0.05, 0) is 17.7 Å². The lowest BCUT2D eigenvalue weighted by Gasteiger charge is -2.16. The Morgan fingerprint density at radius 1 is 1.17 bits per heavy atom. The average Bonchev–Trinajstić information content (AvgIpc) is 3.15. The summed E-state index contributed by atoms with van der Waals surface area (Å²) < 4.78 is 1.87. The molecule has 3 amide bonds. The van der Waals surface area contributed by atoms with Gasteiger partial charge >= 0.3 is 6.03 Å². The van der Waals surface area contributed by atoms with E-state index >= 15 is 0 Å². The van der Waals surface area contributed by atoms with Crippen molar-refractivity contribution in [1.29, 1.82) is 0 Å². The number of hydrogen-bond acceptors (Lipinski definition) is 6. The number of allylic oxidation sites excluding steroid dienone is 1. The van der Waals surface area contributed by atoms with Crippen molar-refractivity contribution < 1.29 is 9.59 Å². The van der Waals surface area contributed by atoms with Crippen LogP contribution in [0, 0.1) is 0 Å². The number of imide groups is 1. The summed E-state index contributed by atoms with van der Waals surface area (Å²) in [5.41, 5.74) is 1.60. The predicted octanol–water partition coefficient (Wildman–Crippen LogP) is 2.82. The smallest absolute Gasteiger partial charge is 0.321 e. The zero-order valence-corrected chi connectivity index (χ0v) is 16.6. The Morgan fingerprint density at radius 2 is 1.90 bits per heavy atom. The first-order valence-corrected chi connectivity index (χ1v) is 9.70. The molecule has 0 bridgehead atoms. The Morgan fingerprint density at radius 3 is 2.55 bits per heavy atom. The standard InChI is InChI=1S/C20H20N6O2S/c1-3-13-26-17(15-9-11-22-12-10-15)24-25-20(26)29-16(14-7-5-4-6-8-14)18(27)23-19(28)21-2/h3-12,16H,1,13H2,2H3,(H2,21,23,27,28)/t16-/m0/s1. The Kier molecular flexibility index (Phi) is 6.75. The maximum Gasteiger partial charge on any atom is 0.321 e. The summed E-state index contributed by atoms with van der Waals surface area (Å²) in [6.45, 7) is 4.27. The molecule has 0 radical (unpaired) electrons. The molecule has 148 valence electrons. The van der Waals surface area contributed by atoms with Crippen LogP contribution in [-0.4, -0.2) is 38.7 Å². The van der Waals surface area contributed by atoms with E-state index in [1.807, 2.05) is 47.0 Å². The Labute approximate surface area is 172 Å². The van der Waals surface area contributed by atoms with Crippen molar-refractivity contribution in [2.75, 3.05) is 7.05 Å². The molecule has 0 unspecified atom stereocenters. The molecule has 2 aromatic heterocycles. The van der Waals surface area contributed by atoms with Gasteiger partial charge in [0, 0.05) is 31.5 Å². The summed E-state index contributed by atoms with van der Waals surface area (Å²) in [5, 5.41) is 13.2. The number of aromatic nitrogens is 4. The Bertz CT molecular complexity index is 991. The molecule has 3 rings (SSSR count). The maximum absolute atomic E-state index is 12.8. The second kappa shape index (κ2) is 9.65. The monoisotopic (exact) mass is 408 g/mol. The number of thioether (sulfide) groups is 1. The van der Waals surface area contributed by atoms with Gasteiger partial charge in [0.1, 0.15) is 5.25 Å². The third-order valence-electron chi connectivity index (χ3n) is 3.99. The fourth-order valence-electron chi connectivity index (χ4n) is 2.63. The molecule has 0 aliphatic rings. The summed E-state index contributed by atoms with van der Waals surface area (Å²) in [4.78, 5) is 28.5. The second-order valence-corrected chi connectivity index (χ2v) is 6.99. The molecule has 8 nitrogen and oxygen atoms in total. The third kappa shape index (κ3) is 4.88.